The van der Waals surface area contributed by atoms with E-state index in [0.29, 0.717) is 4.47 Å². The average molecular weight is 312 g/mol. The van der Waals surface area contributed by atoms with Crippen molar-refractivity contribution >= 4 is 15.9 Å². The van der Waals surface area contributed by atoms with Crippen molar-refractivity contribution in [1.29, 1.82) is 0 Å². The Morgan fingerprint density at radius 1 is 1.44 bits per heavy atom. The first-order valence-corrected chi connectivity index (χ1v) is 6.70. The molecule has 5 heteroatoms. The van der Waals surface area contributed by atoms with E-state index in [2.05, 4.69) is 38.1 Å². The van der Waals surface area contributed by atoms with Crippen molar-refractivity contribution < 1.29 is 4.39 Å². The molecule has 1 aromatic carbocycles. The van der Waals surface area contributed by atoms with Crippen LogP contribution in [0, 0.1) is 5.82 Å². The number of halogens is 2. The largest absolute Gasteiger partial charge is 0.341 e. The first-order valence-electron chi connectivity index (χ1n) is 5.90. The zero-order chi connectivity index (χ0) is 13.0. The van der Waals surface area contributed by atoms with Gasteiger partial charge in [-0.15, -0.1) is 0 Å². The van der Waals surface area contributed by atoms with Crippen LogP contribution in [-0.2, 0) is 6.54 Å². The molecule has 96 valence electrons. The lowest BCUT2D eigenvalue weighted by molar-refractivity contribution is 0.621. The Balaban J connectivity index is 2.11. The molecule has 0 aliphatic heterocycles. The molecule has 0 bridgehead atoms. The summed E-state index contributed by atoms with van der Waals surface area (Å²) in [6, 6.07) is 4.91. The smallest absolute Gasteiger partial charge is 0.137 e. The number of rotatable bonds is 5. The van der Waals surface area contributed by atoms with E-state index in [1.807, 2.05) is 0 Å². The molecule has 2 N–H and O–H groups in total. The Morgan fingerprint density at radius 3 is 3.00 bits per heavy atom. The van der Waals surface area contributed by atoms with Crippen molar-refractivity contribution in [1.82, 2.24) is 15.3 Å². The third kappa shape index (κ3) is 3.17. The zero-order valence-electron chi connectivity index (χ0n) is 10.1. The first kappa shape index (κ1) is 13.2. The van der Waals surface area contributed by atoms with Gasteiger partial charge in [-0.1, -0.05) is 6.92 Å². The summed E-state index contributed by atoms with van der Waals surface area (Å²) in [4.78, 5) is 7.51. The van der Waals surface area contributed by atoms with Gasteiger partial charge in [-0.2, -0.15) is 0 Å². The third-order valence-electron chi connectivity index (χ3n) is 2.58. The Bertz CT molecular complexity index is 525. The fourth-order valence-electron chi connectivity index (χ4n) is 1.65. The molecule has 0 radical (unpaired) electrons. The molecule has 0 unspecified atom stereocenters. The molecule has 18 heavy (non-hydrogen) atoms. The minimum absolute atomic E-state index is 0.261. The summed E-state index contributed by atoms with van der Waals surface area (Å²) in [6.45, 7) is 3.81. The fraction of sp³-hybridized carbons (Fsp3) is 0.308. The fourth-order valence-corrected chi connectivity index (χ4v) is 2.03. The van der Waals surface area contributed by atoms with Crippen LogP contribution in [0.2, 0.25) is 0 Å². The molecule has 0 amide bonds. The summed E-state index contributed by atoms with van der Waals surface area (Å²) >= 11 is 3.18. The van der Waals surface area contributed by atoms with Crippen LogP contribution in [-0.4, -0.2) is 16.5 Å². The Morgan fingerprint density at radius 2 is 2.28 bits per heavy atom. The van der Waals surface area contributed by atoms with Crippen molar-refractivity contribution in [3.05, 3.63) is 40.5 Å². The predicted molar refractivity (Wildman–Crippen MR) is 73.7 cm³/mol. The van der Waals surface area contributed by atoms with E-state index in [-0.39, 0.29) is 5.82 Å². The van der Waals surface area contributed by atoms with Gasteiger partial charge in [0, 0.05) is 5.56 Å². The lowest BCUT2D eigenvalue weighted by atomic mass is 10.2. The number of aromatic nitrogens is 2. The van der Waals surface area contributed by atoms with Gasteiger partial charge in [-0.05, 0) is 47.1 Å². The van der Waals surface area contributed by atoms with E-state index in [0.717, 1.165) is 36.6 Å². The highest BCUT2D eigenvalue weighted by atomic mass is 79.9. The lowest BCUT2D eigenvalue weighted by Crippen LogP contribution is -2.14. The van der Waals surface area contributed by atoms with Gasteiger partial charge >= 0.3 is 0 Å². The minimum Gasteiger partial charge on any atom is -0.341 e. The van der Waals surface area contributed by atoms with Crippen LogP contribution in [0.1, 0.15) is 19.2 Å². The van der Waals surface area contributed by atoms with Gasteiger partial charge in [0.2, 0.25) is 0 Å². The summed E-state index contributed by atoms with van der Waals surface area (Å²) < 4.78 is 13.6. The number of H-pyrrole nitrogens is 1. The second kappa shape index (κ2) is 6.11. The molecule has 0 fully saturated rings. The van der Waals surface area contributed by atoms with Crippen LogP contribution in [0.4, 0.5) is 4.39 Å². The molecule has 2 rings (SSSR count). The normalized spacial score (nSPS) is 10.8. The number of hydrogen-bond acceptors (Lipinski definition) is 2. The van der Waals surface area contributed by atoms with Crippen molar-refractivity contribution in [3.8, 4) is 11.3 Å². The maximum Gasteiger partial charge on any atom is 0.137 e. The van der Waals surface area contributed by atoms with Gasteiger partial charge < -0.3 is 10.3 Å². The van der Waals surface area contributed by atoms with Gasteiger partial charge in [0.1, 0.15) is 11.6 Å². The first-order chi connectivity index (χ1) is 8.70. The minimum atomic E-state index is -0.261. The van der Waals surface area contributed by atoms with Crippen molar-refractivity contribution in [2.75, 3.05) is 6.54 Å². The van der Waals surface area contributed by atoms with E-state index in [9.17, 15) is 4.39 Å². The van der Waals surface area contributed by atoms with E-state index >= 15 is 0 Å². The van der Waals surface area contributed by atoms with Crippen LogP contribution in [0.5, 0.6) is 0 Å². The van der Waals surface area contributed by atoms with Crippen molar-refractivity contribution in [2.24, 2.45) is 0 Å². The standard InChI is InChI=1S/C13H15BrFN3/c1-2-5-16-8-13-17-7-12(18-13)9-3-4-11(15)10(14)6-9/h3-4,6-7,16H,2,5,8H2,1H3,(H,17,18). The Hall–Kier alpha value is -1.20. The van der Waals surface area contributed by atoms with Gasteiger partial charge in [-0.3, -0.25) is 0 Å². The zero-order valence-corrected chi connectivity index (χ0v) is 11.7. The highest BCUT2D eigenvalue weighted by Gasteiger charge is 2.05. The molecular weight excluding hydrogens is 297 g/mol. The molecule has 0 spiro atoms. The molecule has 0 atom stereocenters. The molecule has 0 aliphatic rings. The molecule has 0 saturated heterocycles. The number of imidazole rings is 1. The summed E-state index contributed by atoms with van der Waals surface area (Å²) in [5.41, 5.74) is 1.81. The highest BCUT2D eigenvalue weighted by molar-refractivity contribution is 9.10. The van der Waals surface area contributed by atoms with E-state index in [1.54, 1.807) is 18.3 Å². The maximum atomic E-state index is 13.1. The lowest BCUT2D eigenvalue weighted by Gasteiger charge is -2.01. The second-order valence-electron chi connectivity index (χ2n) is 4.05. The molecule has 1 heterocycles. The number of hydrogen-bond donors (Lipinski definition) is 2. The van der Waals surface area contributed by atoms with Crippen LogP contribution >= 0.6 is 15.9 Å². The average Bonchev–Trinajstić information content (AvgIpc) is 2.82. The Labute approximate surface area is 114 Å². The van der Waals surface area contributed by atoms with Gasteiger partial charge in [-0.25, -0.2) is 9.37 Å². The van der Waals surface area contributed by atoms with Crippen molar-refractivity contribution in [2.45, 2.75) is 19.9 Å². The molecule has 2 aromatic rings. The SMILES string of the molecule is CCCNCc1ncc(-c2ccc(F)c(Br)c2)[nH]1. The van der Waals surface area contributed by atoms with Gasteiger partial charge in [0.05, 0.1) is 22.9 Å². The maximum absolute atomic E-state index is 13.1. The summed E-state index contributed by atoms with van der Waals surface area (Å²) in [5.74, 6) is 0.627. The second-order valence-corrected chi connectivity index (χ2v) is 4.90. The van der Waals surface area contributed by atoms with E-state index in [1.165, 1.54) is 6.07 Å². The molecule has 0 aliphatic carbocycles. The van der Waals surface area contributed by atoms with Crippen molar-refractivity contribution in [3.63, 3.8) is 0 Å². The van der Waals surface area contributed by atoms with Gasteiger partial charge in [0.15, 0.2) is 0 Å². The summed E-state index contributed by atoms with van der Waals surface area (Å²) in [7, 11) is 0. The van der Waals surface area contributed by atoms with E-state index < -0.39 is 0 Å². The number of nitrogens with one attached hydrogen (secondary N) is 2. The quantitative estimate of drug-likeness (QED) is 0.830. The summed E-state index contributed by atoms with van der Waals surface area (Å²) in [6.07, 6.45) is 2.86. The molecule has 0 saturated carbocycles. The number of nitrogens with zero attached hydrogens (tertiary/aromatic N) is 1. The molecule has 3 nitrogen and oxygen atoms in total. The van der Waals surface area contributed by atoms with Gasteiger partial charge in [0.25, 0.3) is 0 Å². The summed E-state index contributed by atoms with van der Waals surface area (Å²) in [5, 5.41) is 3.27. The Kier molecular flexibility index (Phi) is 4.49. The topological polar surface area (TPSA) is 40.7 Å². The number of aromatic amines is 1. The number of benzene rings is 1. The third-order valence-corrected chi connectivity index (χ3v) is 3.19. The van der Waals surface area contributed by atoms with Crippen LogP contribution in [0.15, 0.2) is 28.9 Å². The predicted octanol–water partition coefficient (Wildman–Crippen LogP) is 3.48. The van der Waals surface area contributed by atoms with E-state index in [4.69, 9.17) is 0 Å². The van der Waals surface area contributed by atoms with Crippen LogP contribution in [0.3, 0.4) is 0 Å². The highest BCUT2D eigenvalue weighted by Crippen LogP contribution is 2.23. The molecule has 1 aromatic heterocycles. The monoisotopic (exact) mass is 311 g/mol. The van der Waals surface area contributed by atoms with Crippen LogP contribution in [0.25, 0.3) is 11.3 Å². The van der Waals surface area contributed by atoms with Crippen LogP contribution < -0.4 is 5.32 Å². The molecular formula is C13H15BrFN3.